The van der Waals surface area contributed by atoms with E-state index in [2.05, 4.69) is 4.98 Å². The van der Waals surface area contributed by atoms with Gasteiger partial charge in [0.25, 0.3) is 5.91 Å². The summed E-state index contributed by atoms with van der Waals surface area (Å²) in [6, 6.07) is 3.53. The standard InChI is InChI=1S/C15H15ClFN3O2/c1-19-8-18-13-6-20(10(7-21)5-14(13)19)15(22)9-2-3-12(17)11(16)4-9/h2-4,8,10,21H,5-7H2,1H3/t10-/m1/s1. The van der Waals surface area contributed by atoms with Crippen molar-refractivity contribution in [2.45, 2.75) is 19.0 Å². The van der Waals surface area contributed by atoms with Gasteiger partial charge in [0.1, 0.15) is 5.82 Å². The third kappa shape index (κ3) is 2.48. The van der Waals surface area contributed by atoms with Gasteiger partial charge < -0.3 is 14.6 Å². The lowest BCUT2D eigenvalue weighted by Crippen LogP contribution is -2.46. The Labute approximate surface area is 131 Å². The van der Waals surface area contributed by atoms with Gasteiger partial charge in [-0.2, -0.15) is 0 Å². The van der Waals surface area contributed by atoms with Gasteiger partial charge in [-0.05, 0) is 18.2 Å². The zero-order valence-electron chi connectivity index (χ0n) is 12.0. The van der Waals surface area contributed by atoms with Crippen LogP contribution < -0.4 is 0 Å². The number of fused-ring (bicyclic) bond motifs is 1. The maximum Gasteiger partial charge on any atom is 0.254 e. The molecular weight excluding hydrogens is 309 g/mol. The molecule has 0 fully saturated rings. The molecule has 116 valence electrons. The molecule has 2 heterocycles. The van der Waals surface area contributed by atoms with Crippen LogP contribution in [0.2, 0.25) is 5.02 Å². The second kappa shape index (κ2) is 5.70. The number of aryl methyl sites for hydroxylation is 1. The van der Waals surface area contributed by atoms with E-state index in [0.717, 1.165) is 11.4 Å². The van der Waals surface area contributed by atoms with Crippen molar-refractivity contribution in [1.82, 2.24) is 14.5 Å². The van der Waals surface area contributed by atoms with E-state index in [4.69, 9.17) is 11.6 Å². The number of imidazole rings is 1. The first kappa shape index (κ1) is 15.0. The molecule has 0 bridgehead atoms. The van der Waals surface area contributed by atoms with Gasteiger partial charge in [-0.3, -0.25) is 4.79 Å². The fourth-order valence-electron chi connectivity index (χ4n) is 2.72. The molecule has 1 aliphatic heterocycles. The number of rotatable bonds is 2. The van der Waals surface area contributed by atoms with Crippen LogP contribution in [-0.4, -0.2) is 38.1 Å². The second-order valence-electron chi connectivity index (χ2n) is 5.35. The number of hydrogen-bond acceptors (Lipinski definition) is 3. The molecule has 0 spiro atoms. The van der Waals surface area contributed by atoms with Gasteiger partial charge in [-0.15, -0.1) is 0 Å². The summed E-state index contributed by atoms with van der Waals surface area (Å²) < 4.78 is 15.1. The first-order chi connectivity index (χ1) is 10.5. The molecule has 22 heavy (non-hydrogen) atoms. The van der Waals surface area contributed by atoms with Crippen molar-refractivity contribution in [1.29, 1.82) is 0 Å². The van der Waals surface area contributed by atoms with Gasteiger partial charge in [0.05, 0.1) is 36.2 Å². The van der Waals surface area contributed by atoms with Crippen LogP contribution in [0.25, 0.3) is 0 Å². The lowest BCUT2D eigenvalue weighted by molar-refractivity contribution is 0.0536. The molecule has 0 radical (unpaired) electrons. The molecule has 3 rings (SSSR count). The van der Waals surface area contributed by atoms with Crippen molar-refractivity contribution in [2.24, 2.45) is 7.05 Å². The van der Waals surface area contributed by atoms with E-state index < -0.39 is 5.82 Å². The summed E-state index contributed by atoms with van der Waals surface area (Å²) in [5, 5.41) is 9.50. The van der Waals surface area contributed by atoms with Crippen molar-refractivity contribution in [3.05, 3.63) is 52.3 Å². The predicted octanol–water partition coefficient (Wildman–Crippen LogP) is 1.77. The molecule has 1 atom stereocenters. The number of carbonyl (C=O) groups is 1. The highest BCUT2D eigenvalue weighted by atomic mass is 35.5. The number of benzene rings is 1. The fourth-order valence-corrected chi connectivity index (χ4v) is 2.90. The van der Waals surface area contributed by atoms with Crippen molar-refractivity contribution >= 4 is 17.5 Å². The number of halogens is 2. The minimum Gasteiger partial charge on any atom is -0.394 e. The smallest absolute Gasteiger partial charge is 0.254 e. The number of nitrogens with zero attached hydrogens (tertiary/aromatic N) is 3. The van der Waals surface area contributed by atoms with Crippen LogP contribution >= 0.6 is 11.6 Å². The fraction of sp³-hybridized carbons (Fsp3) is 0.333. The van der Waals surface area contributed by atoms with Crippen LogP contribution in [0.5, 0.6) is 0 Å². The Hall–Kier alpha value is -1.92. The Bertz CT molecular complexity index is 732. The molecule has 1 aromatic carbocycles. The van der Waals surface area contributed by atoms with Crippen molar-refractivity contribution in [3.63, 3.8) is 0 Å². The van der Waals surface area contributed by atoms with Crippen molar-refractivity contribution in [3.8, 4) is 0 Å². The van der Waals surface area contributed by atoms with Gasteiger partial charge in [-0.1, -0.05) is 11.6 Å². The molecule has 0 aliphatic carbocycles. The number of hydrogen-bond donors (Lipinski definition) is 1. The number of aliphatic hydroxyl groups excluding tert-OH is 1. The average molecular weight is 324 g/mol. The van der Waals surface area contributed by atoms with E-state index in [-0.39, 0.29) is 23.6 Å². The molecule has 1 amide bonds. The summed E-state index contributed by atoms with van der Waals surface area (Å²) in [5.41, 5.74) is 2.12. The monoisotopic (exact) mass is 323 g/mol. The summed E-state index contributed by atoms with van der Waals surface area (Å²) >= 11 is 5.74. The summed E-state index contributed by atoms with van der Waals surface area (Å²) in [6.45, 7) is 0.167. The van der Waals surface area contributed by atoms with Gasteiger partial charge in [-0.25, -0.2) is 9.37 Å². The lowest BCUT2D eigenvalue weighted by Gasteiger charge is -2.34. The second-order valence-corrected chi connectivity index (χ2v) is 5.76. The van der Waals surface area contributed by atoms with E-state index in [0.29, 0.717) is 18.5 Å². The van der Waals surface area contributed by atoms with Crippen LogP contribution in [0, 0.1) is 5.82 Å². The summed E-state index contributed by atoms with van der Waals surface area (Å²) in [7, 11) is 1.89. The van der Waals surface area contributed by atoms with E-state index >= 15 is 0 Å². The van der Waals surface area contributed by atoms with Crippen LogP contribution in [0.4, 0.5) is 4.39 Å². The van der Waals surface area contributed by atoms with Crippen LogP contribution in [0.3, 0.4) is 0 Å². The van der Waals surface area contributed by atoms with Gasteiger partial charge in [0, 0.05) is 24.7 Å². The largest absolute Gasteiger partial charge is 0.394 e. The van der Waals surface area contributed by atoms with Crippen LogP contribution in [0.1, 0.15) is 21.7 Å². The van der Waals surface area contributed by atoms with E-state index in [1.54, 1.807) is 11.2 Å². The number of aliphatic hydroxyl groups is 1. The molecule has 0 saturated heterocycles. The van der Waals surface area contributed by atoms with Crippen LogP contribution in [0.15, 0.2) is 24.5 Å². The Morgan fingerprint density at radius 3 is 3.00 bits per heavy atom. The molecule has 0 saturated carbocycles. The third-order valence-electron chi connectivity index (χ3n) is 3.97. The zero-order chi connectivity index (χ0) is 15.9. The Morgan fingerprint density at radius 2 is 2.32 bits per heavy atom. The number of aromatic nitrogens is 2. The summed E-state index contributed by atoms with van der Waals surface area (Å²) in [4.78, 5) is 18.5. The number of amides is 1. The topological polar surface area (TPSA) is 58.4 Å². The van der Waals surface area contributed by atoms with Crippen LogP contribution in [-0.2, 0) is 20.0 Å². The third-order valence-corrected chi connectivity index (χ3v) is 4.26. The van der Waals surface area contributed by atoms with Crippen molar-refractivity contribution in [2.75, 3.05) is 6.61 Å². The Morgan fingerprint density at radius 1 is 1.55 bits per heavy atom. The van der Waals surface area contributed by atoms with Gasteiger partial charge in [0.15, 0.2) is 0 Å². The lowest BCUT2D eigenvalue weighted by atomic mass is 10.0. The SMILES string of the molecule is Cn1cnc2c1C[C@H](CO)N(C(=O)c1ccc(F)c(Cl)c1)C2. The summed E-state index contributed by atoms with van der Waals surface area (Å²) in [5.74, 6) is -0.861. The van der Waals surface area contributed by atoms with E-state index in [1.165, 1.54) is 18.2 Å². The maximum atomic E-state index is 13.2. The van der Waals surface area contributed by atoms with E-state index in [1.807, 2.05) is 11.6 Å². The number of carbonyl (C=O) groups excluding carboxylic acids is 1. The maximum absolute atomic E-state index is 13.2. The Kier molecular flexibility index (Phi) is 3.88. The molecule has 2 aromatic rings. The molecule has 0 unspecified atom stereocenters. The minimum atomic E-state index is -0.567. The van der Waals surface area contributed by atoms with E-state index in [9.17, 15) is 14.3 Å². The predicted molar refractivity (Wildman–Crippen MR) is 79.1 cm³/mol. The van der Waals surface area contributed by atoms with Gasteiger partial charge in [0.2, 0.25) is 0 Å². The quantitative estimate of drug-likeness (QED) is 0.916. The molecular formula is C15H15ClFN3O2. The van der Waals surface area contributed by atoms with Crippen molar-refractivity contribution < 1.29 is 14.3 Å². The molecule has 1 aliphatic rings. The normalized spacial score (nSPS) is 17.5. The molecule has 1 N–H and O–H groups in total. The first-order valence-electron chi connectivity index (χ1n) is 6.87. The average Bonchev–Trinajstić information content (AvgIpc) is 2.88. The zero-order valence-corrected chi connectivity index (χ0v) is 12.7. The highest BCUT2D eigenvalue weighted by molar-refractivity contribution is 6.31. The summed E-state index contributed by atoms with van der Waals surface area (Å²) in [6.07, 6.45) is 2.23. The first-order valence-corrected chi connectivity index (χ1v) is 7.25. The minimum absolute atomic E-state index is 0.0954. The molecule has 7 heteroatoms. The molecule has 1 aromatic heterocycles. The Balaban J connectivity index is 1.92. The highest BCUT2D eigenvalue weighted by Gasteiger charge is 2.32. The highest BCUT2D eigenvalue weighted by Crippen LogP contribution is 2.25. The van der Waals surface area contributed by atoms with Gasteiger partial charge >= 0.3 is 0 Å². The molecule has 5 nitrogen and oxygen atoms in total.